The molecule has 0 heterocycles. The van der Waals surface area contributed by atoms with Crippen molar-refractivity contribution in [2.45, 2.75) is 39.3 Å². The molecule has 0 aromatic heterocycles. The van der Waals surface area contributed by atoms with E-state index in [0.29, 0.717) is 12.0 Å². The Hall–Kier alpha value is -1.52. The number of methoxy groups -OCH3 is 1. The number of alkyl halides is 3. The fourth-order valence-electron chi connectivity index (χ4n) is 2.27. The summed E-state index contributed by atoms with van der Waals surface area (Å²) in [7, 11) is 1.31. The van der Waals surface area contributed by atoms with E-state index in [-0.39, 0.29) is 17.5 Å². The third-order valence-electron chi connectivity index (χ3n) is 3.26. The molecular weight excluding hydrogens is 269 g/mol. The van der Waals surface area contributed by atoms with Crippen molar-refractivity contribution in [3.8, 4) is 5.75 Å². The van der Waals surface area contributed by atoms with Gasteiger partial charge in [-0.3, -0.25) is 4.79 Å². The smallest absolute Gasteiger partial charge is 0.416 e. The predicted molar refractivity (Wildman–Crippen MR) is 70.9 cm³/mol. The van der Waals surface area contributed by atoms with Crippen molar-refractivity contribution in [2.75, 3.05) is 7.11 Å². The quantitative estimate of drug-likeness (QED) is 0.801. The summed E-state index contributed by atoms with van der Waals surface area (Å²) in [6.45, 7) is 5.49. The average molecular weight is 288 g/mol. The Bertz CT molecular complexity index is 478. The van der Waals surface area contributed by atoms with Crippen LogP contribution in [0.15, 0.2) is 18.2 Å². The summed E-state index contributed by atoms with van der Waals surface area (Å²) < 4.78 is 43.1. The number of rotatable bonds is 5. The normalized spacial score (nSPS) is 13.4. The molecule has 5 heteroatoms. The average Bonchev–Trinajstić information content (AvgIpc) is 2.37. The molecule has 20 heavy (non-hydrogen) atoms. The molecule has 112 valence electrons. The highest BCUT2D eigenvalue weighted by atomic mass is 19.4. The molecule has 0 aliphatic carbocycles. The van der Waals surface area contributed by atoms with Crippen molar-refractivity contribution in [1.29, 1.82) is 0 Å². The van der Waals surface area contributed by atoms with Gasteiger partial charge < -0.3 is 4.74 Å². The maximum absolute atomic E-state index is 12.7. The van der Waals surface area contributed by atoms with Gasteiger partial charge in [-0.15, -0.1) is 0 Å². The van der Waals surface area contributed by atoms with Gasteiger partial charge in [-0.25, -0.2) is 0 Å². The molecular formula is C15H19F3O2. The lowest BCUT2D eigenvalue weighted by Crippen LogP contribution is -2.18. The van der Waals surface area contributed by atoms with Gasteiger partial charge in [0.05, 0.1) is 12.7 Å². The van der Waals surface area contributed by atoms with Crippen molar-refractivity contribution in [3.05, 3.63) is 29.3 Å². The molecule has 0 aliphatic rings. The second-order valence-electron chi connectivity index (χ2n) is 5.00. The van der Waals surface area contributed by atoms with Crippen molar-refractivity contribution in [1.82, 2.24) is 0 Å². The molecule has 0 aliphatic heterocycles. The first-order valence-electron chi connectivity index (χ1n) is 6.50. The van der Waals surface area contributed by atoms with Crippen molar-refractivity contribution >= 4 is 5.78 Å². The summed E-state index contributed by atoms with van der Waals surface area (Å²) >= 11 is 0. The van der Waals surface area contributed by atoms with E-state index in [1.807, 2.05) is 13.8 Å². The zero-order chi connectivity index (χ0) is 15.5. The van der Waals surface area contributed by atoms with Gasteiger partial charge in [-0.1, -0.05) is 26.8 Å². The van der Waals surface area contributed by atoms with Crippen LogP contribution >= 0.6 is 0 Å². The number of halogens is 3. The number of carbonyl (C=O) groups excluding carboxylic acids is 1. The molecule has 2 nitrogen and oxygen atoms in total. The van der Waals surface area contributed by atoms with Crippen LogP contribution in [-0.2, 0) is 11.0 Å². The third kappa shape index (κ3) is 3.52. The molecule has 0 N–H and O–H groups in total. The lowest BCUT2D eigenvalue weighted by atomic mass is 9.83. The van der Waals surface area contributed by atoms with Crippen molar-refractivity contribution < 1.29 is 22.7 Å². The SMILES string of the molecule is CCC(=O)C(c1ccc(C(F)(F)F)cc1OC)C(C)C. The van der Waals surface area contributed by atoms with Crippen molar-refractivity contribution in [3.63, 3.8) is 0 Å². The molecule has 1 unspecified atom stereocenters. The Morgan fingerprint density at radius 2 is 1.90 bits per heavy atom. The van der Waals surface area contributed by atoms with Crippen LogP contribution in [0.2, 0.25) is 0 Å². The fourth-order valence-corrected chi connectivity index (χ4v) is 2.27. The topological polar surface area (TPSA) is 26.3 Å². The molecule has 1 atom stereocenters. The summed E-state index contributed by atoms with van der Waals surface area (Å²) in [6.07, 6.45) is -4.08. The Balaban J connectivity index is 3.33. The number of Topliss-reactive ketones (excluding diaryl/α,β-unsaturated/α-hetero) is 1. The van der Waals surface area contributed by atoms with Crippen LogP contribution in [-0.4, -0.2) is 12.9 Å². The first-order chi connectivity index (χ1) is 9.22. The fraction of sp³-hybridized carbons (Fsp3) is 0.533. The Kier molecular flexibility index (Phi) is 5.20. The number of benzene rings is 1. The maximum atomic E-state index is 12.7. The highest BCUT2D eigenvalue weighted by Gasteiger charge is 2.33. The standard InChI is InChI=1S/C15H19F3O2/c1-5-12(19)14(9(2)3)11-7-6-10(15(16,17)18)8-13(11)20-4/h6-9,14H,5H2,1-4H3. The molecule has 0 bridgehead atoms. The van der Waals surface area contributed by atoms with Gasteiger partial charge in [-0.2, -0.15) is 13.2 Å². The van der Waals surface area contributed by atoms with Crippen LogP contribution in [0, 0.1) is 5.92 Å². The minimum absolute atomic E-state index is 0.00180. The molecule has 0 saturated carbocycles. The van der Waals surface area contributed by atoms with Gasteiger partial charge in [0.2, 0.25) is 0 Å². The van der Waals surface area contributed by atoms with Gasteiger partial charge in [-0.05, 0) is 18.1 Å². The minimum atomic E-state index is -4.42. The largest absolute Gasteiger partial charge is 0.496 e. The van der Waals surface area contributed by atoms with E-state index >= 15 is 0 Å². The van der Waals surface area contributed by atoms with E-state index < -0.39 is 17.7 Å². The monoisotopic (exact) mass is 288 g/mol. The zero-order valence-electron chi connectivity index (χ0n) is 12.0. The maximum Gasteiger partial charge on any atom is 0.416 e. The van der Waals surface area contributed by atoms with Crippen LogP contribution < -0.4 is 4.74 Å². The summed E-state index contributed by atoms with van der Waals surface area (Å²) in [5, 5.41) is 0. The first kappa shape index (κ1) is 16.5. The van der Waals surface area contributed by atoms with Crippen LogP contribution in [0.25, 0.3) is 0 Å². The Morgan fingerprint density at radius 1 is 1.30 bits per heavy atom. The number of ether oxygens (including phenoxy) is 1. The number of hydrogen-bond acceptors (Lipinski definition) is 2. The number of carbonyl (C=O) groups is 1. The van der Waals surface area contributed by atoms with E-state index in [1.165, 1.54) is 13.2 Å². The van der Waals surface area contributed by atoms with Gasteiger partial charge in [0, 0.05) is 17.9 Å². The number of ketones is 1. The lowest BCUT2D eigenvalue weighted by Gasteiger charge is -2.22. The van der Waals surface area contributed by atoms with E-state index in [4.69, 9.17) is 4.74 Å². The second kappa shape index (κ2) is 6.29. The van der Waals surface area contributed by atoms with Gasteiger partial charge in [0.1, 0.15) is 11.5 Å². The highest BCUT2D eigenvalue weighted by molar-refractivity contribution is 5.86. The van der Waals surface area contributed by atoms with Gasteiger partial charge in [0.15, 0.2) is 0 Å². The molecule has 0 saturated heterocycles. The van der Waals surface area contributed by atoms with E-state index in [9.17, 15) is 18.0 Å². The van der Waals surface area contributed by atoms with E-state index in [2.05, 4.69) is 0 Å². The van der Waals surface area contributed by atoms with E-state index in [0.717, 1.165) is 12.1 Å². The Labute approximate surface area is 116 Å². The summed E-state index contributed by atoms with van der Waals surface area (Å²) in [5.74, 6) is -0.344. The van der Waals surface area contributed by atoms with Crippen LogP contribution in [0.3, 0.4) is 0 Å². The van der Waals surface area contributed by atoms with Crippen LogP contribution in [0.1, 0.15) is 44.2 Å². The molecule has 1 rings (SSSR count). The minimum Gasteiger partial charge on any atom is -0.496 e. The van der Waals surface area contributed by atoms with Crippen molar-refractivity contribution in [2.24, 2.45) is 5.92 Å². The summed E-state index contributed by atoms with van der Waals surface area (Å²) in [6, 6.07) is 3.30. The highest BCUT2D eigenvalue weighted by Crippen LogP contribution is 2.38. The summed E-state index contributed by atoms with van der Waals surface area (Å²) in [4.78, 5) is 12.0. The van der Waals surface area contributed by atoms with Gasteiger partial charge >= 0.3 is 6.18 Å². The molecule has 0 amide bonds. The van der Waals surface area contributed by atoms with Crippen LogP contribution in [0.4, 0.5) is 13.2 Å². The predicted octanol–water partition coefficient (Wildman–Crippen LogP) is 4.43. The first-order valence-corrected chi connectivity index (χ1v) is 6.50. The molecule has 0 radical (unpaired) electrons. The third-order valence-corrected chi connectivity index (χ3v) is 3.26. The second-order valence-corrected chi connectivity index (χ2v) is 5.00. The number of hydrogen-bond donors (Lipinski definition) is 0. The van der Waals surface area contributed by atoms with E-state index in [1.54, 1.807) is 6.92 Å². The van der Waals surface area contributed by atoms with Gasteiger partial charge in [0.25, 0.3) is 0 Å². The molecule has 1 aromatic carbocycles. The molecule has 1 aromatic rings. The lowest BCUT2D eigenvalue weighted by molar-refractivity contribution is -0.137. The molecule has 0 spiro atoms. The Morgan fingerprint density at radius 3 is 2.30 bits per heavy atom. The zero-order valence-corrected chi connectivity index (χ0v) is 12.0. The molecule has 0 fully saturated rings. The van der Waals surface area contributed by atoms with Crippen LogP contribution in [0.5, 0.6) is 5.75 Å². The summed E-state index contributed by atoms with van der Waals surface area (Å²) in [5.41, 5.74) is -0.257.